The Bertz CT molecular complexity index is 456. The molecule has 1 aliphatic heterocycles. The number of alkyl halides is 6. The molecule has 1 aromatic carbocycles. The minimum absolute atomic E-state index is 0.182. The number of ether oxygens (including phenoxy) is 2. The van der Waals surface area contributed by atoms with Crippen molar-refractivity contribution in [1.82, 2.24) is 0 Å². The van der Waals surface area contributed by atoms with Crippen LogP contribution in [-0.2, 0) is 9.07 Å². The standard InChI is InChI=1S/C12H10Cl6O2/c13-10(14)12(17,18)11(15,16)7-1-3-8(4-2-7)19-5-9-6-20-9/h1-4,9-10H,5-6H2. The van der Waals surface area contributed by atoms with Gasteiger partial charge in [0.15, 0.2) is 8.67 Å². The molecule has 20 heavy (non-hydrogen) atoms. The molecule has 112 valence electrons. The second-order valence-corrected chi connectivity index (χ2v) is 8.10. The normalized spacial score (nSPS) is 19.2. The second-order valence-electron chi connectivity index (χ2n) is 4.29. The monoisotopic (exact) mass is 396 g/mol. The third-order valence-corrected chi connectivity index (χ3v) is 6.27. The summed E-state index contributed by atoms with van der Waals surface area (Å²) < 4.78 is 7.12. The van der Waals surface area contributed by atoms with Crippen LogP contribution in [-0.4, -0.2) is 28.5 Å². The van der Waals surface area contributed by atoms with Crippen molar-refractivity contribution < 1.29 is 9.47 Å². The van der Waals surface area contributed by atoms with E-state index in [1.807, 2.05) is 0 Å². The van der Waals surface area contributed by atoms with Gasteiger partial charge in [-0.2, -0.15) is 0 Å². The Morgan fingerprint density at radius 1 is 1.15 bits per heavy atom. The third kappa shape index (κ3) is 3.73. The van der Waals surface area contributed by atoms with Gasteiger partial charge in [-0.15, -0.1) is 23.2 Å². The molecule has 0 bridgehead atoms. The molecular weight excluding hydrogens is 389 g/mol. The van der Waals surface area contributed by atoms with Gasteiger partial charge in [0.1, 0.15) is 23.3 Å². The molecule has 0 amide bonds. The van der Waals surface area contributed by atoms with Crippen molar-refractivity contribution in [2.24, 2.45) is 0 Å². The van der Waals surface area contributed by atoms with Crippen molar-refractivity contribution in [1.29, 1.82) is 0 Å². The third-order valence-electron chi connectivity index (χ3n) is 2.75. The minimum Gasteiger partial charge on any atom is -0.491 e. The fourth-order valence-electron chi connectivity index (χ4n) is 1.44. The summed E-state index contributed by atoms with van der Waals surface area (Å²) in [7, 11) is 0. The first kappa shape index (κ1) is 17.1. The number of halogens is 6. The van der Waals surface area contributed by atoms with Gasteiger partial charge in [0.25, 0.3) is 0 Å². The molecule has 1 saturated heterocycles. The van der Waals surface area contributed by atoms with E-state index < -0.39 is 13.5 Å². The molecule has 1 aromatic rings. The maximum absolute atomic E-state index is 6.21. The number of hydrogen-bond donors (Lipinski definition) is 0. The van der Waals surface area contributed by atoms with Crippen molar-refractivity contribution in [3.63, 3.8) is 0 Å². The number of rotatable bonds is 6. The maximum Gasteiger partial charge on any atom is 0.184 e. The first-order valence-corrected chi connectivity index (χ1v) is 8.02. The topological polar surface area (TPSA) is 21.8 Å². The minimum atomic E-state index is -1.76. The largest absolute Gasteiger partial charge is 0.491 e. The zero-order chi connectivity index (χ0) is 15.0. The lowest BCUT2D eigenvalue weighted by molar-refractivity contribution is 0.263. The van der Waals surface area contributed by atoms with Crippen molar-refractivity contribution in [3.8, 4) is 5.75 Å². The maximum atomic E-state index is 6.21. The highest BCUT2D eigenvalue weighted by atomic mass is 35.5. The Labute approximate surface area is 147 Å². The molecular formula is C12H10Cl6O2. The summed E-state index contributed by atoms with van der Waals surface area (Å²) in [5.74, 6) is 0.663. The lowest BCUT2D eigenvalue weighted by Crippen LogP contribution is -2.39. The molecule has 0 aliphatic carbocycles. The Balaban J connectivity index is 2.11. The molecule has 1 aliphatic rings. The van der Waals surface area contributed by atoms with Crippen molar-refractivity contribution in [2.45, 2.75) is 19.6 Å². The molecule has 8 heteroatoms. The highest BCUT2D eigenvalue weighted by molar-refractivity contribution is 6.67. The van der Waals surface area contributed by atoms with Crippen LogP contribution >= 0.6 is 69.6 Å². The Kier molecular flexibility index (Phi) is 5.51. The predicted molar refractivity (Wildman–Crippen MR) is 85.0 cm³/mol. The second kappa shape index (κ2) is 6.45. The molecule has 1 unspecified atom stereocenters. The molecule has 0 aromatic heterocycles. The van der Waals surface area contributed by atoms with Crippen molar-refractivity contribution in [3.05, 3.63) is 29.8 Å². The molecule has 0 radical (unpaired) electrons. The first-order valence-electron chi connectivity index (χ1n) is 5.64. The van der Waals surface area contributed by atoms with Crippen LogP contribution in [0.3, 0.4) is 0 Å². The number of benzene rings is 1. The van der Waals surface area contributed by atoms with E-state index in [4.69, 9.17) is 79.1 Å². The highest BCUT2D eigenvalue weighted by Crippen LogP contribution is 2.54. The van der Waals surface area contributed by atoms with E-state index in [-0.39, 0.29) is 6.10 Å². The van der Waals surface area contributed by atoms with Crippen molar-refractivity contribution in [2.75, 3.05) is 13.2 Å². The molecule has 0 spiro atoms. The van der Waals surface area contributed by atoms with E-state index in [1.54, 1.807) is 24.3 Å². The number of epoxide rings is 1. The summed E-state index contributed by atoms with van der Waals surface area (Å²) in [6.45, 7) is 1.24. The Hall–Kier alpha value is 0.720. The van der Waals surface area contributed by atoms with Crippen LogP contribution in [0.2, 0.25) is 0 Å². The van der Waals surface area contributed by atoms with Crippen LogP contribution < -0.4 is 4.74 Å². The Morgan fingerprint density at radius 2 is 1.70 bits per heavy atom. The van der Waals surface area contributed by atoms with Crippen LogP contribution in [0.1, 0.15) is 5.56 Å². The molecule has 0 N–H and O–H groups in total. The molecule has 1 fully saturated rings. The highest BCUT2D eigenvalue weighted by Gasteiger charge is 2.53. The SMILES string of the molecule is ClC(Cl)C(Cl)(Cl)C(Cl)(Cl)c1ccc(OCC2CO2)cc1. The van der Waals surface area contributed by atoms with E-state index in [2.05, 4.69) is 0 Å². The fourth-order valence-corrected chi connectivity index (χ4v) is 2.68. The smallest absolute Gasteiger partial charge is 0.184 e. The fraction of sp³-hybridized carbons (Fsp3) is 0.500. The van der Waals surface area contributed by atoms with Gasteiger partial charge < -0.3 is 9.47 Å². The van der Waals surface area contributed by atoms with Crippen LogP contribution in [0.4, 0.5) is 0 Å². The van der Waals surface area contributed by atoms with Gasteiger partial charge in [-0.1, -0.05) is 58.5 Å². The van der Waals surface area contributed by atoms with Crippen molar-refractivity contribution >= 4 is 69.6 Å². The number of hydrogen-bond acceptors (Lipinski definition) is 2. The molecule has 2 rings (SSSR count). The van der Waals surface area contributed by atoms with Gasteiger partial charge >= 0.3 is 0 Å². The average molecular weight is 399 g/mol. The van der Waals surface area contributed by atoms with Gasteiger partial charge in [0.05, 0.1) is 6.61 Å². The molecule has 1 heterocycles. The van der Waals surface area contributed by atoms with Crippen LogP contribution in [0, 0.1) is 0 Å². The van der Waals surface area contributed by atoms with E-state index >= 15 is 0 Å². The van der Waals surface area contributed by atoms with Gasteiger partial charge in [-0.3, -0.25) is 0 Å². The van der Waals surface area contributed by atoms with E-state index in [1.165, 1.54) is 0 Å². The summed E-state index contributed by atoms with van der Waals surface area (Å²) in [5, 5.41) is 0. The molecule has 0 saturated carbocycles. The predicted octanol–water partition coefficient (Wildman–Crippen LogP) is 5.07. The average Bonchev–Trinajstić information content (AvgIpc) is 3.20. The Morgan fingerprint density at radius 3 is 2.15 bits per heavy atom. The molecule has 2 nitrogen and oxygen atoms in total. The summed E-state index contributed by atoms with van der Waals surface area (Å²) >= 11 is 35.9. The van der Waals surface area contributed by atoms with E-state index in [0.717, 1.165) is 6.61 Å². The zero-order valence-electron chi connectivity index (χ0n) is 9.96. The quantitative estimate of drug-likeness (QED) is 0.492. The van der Waals surface area contributed by atoms with E-state index in [9.17, 15) is 0 Å². The van der Waals surface area contributed by atoms with Crippen LogP contribution in [0.25, 0.3) is 0 Å². The molecule has 1 atom stereocenters. The lowest BCUT2D eigenvalue weighted by Gasteiger charge is -2.34. The zero-order valence-corrected chi connectivity index (χ0v) is 14.5. The van der Waals surface area contributed by atoms with Gasteiger partial charge in [-0.05, 0) is 17.7 Å². The van der Waals surface area contributed by atoms with E-state index in [0.29, 0.717) is 17.9 Å². The van der Waals surface area contributed by atoms with Crippen LogP contribution in [0.5, 0.6) is 5.75 Å². The van der Waals surface area contributed by atoms with Gasteiger partial charge in [0, 0.05) is 0 Å². The lowest BCUT2D eigenvalue weighted by atomic mass is 10.1. The van der Waals surface area contributed by atoms with Crippen LogP contribution in [0.15, 0.2) is 24.3 Å². The van der Waals surface area contributed by atoms with Gasteiger partial charge in [-0.25, -0.2) is 0 Å². The van der Waals surface area contributed by atoms with Gasteiger partial charge in [0.2, 0.25) is 0 Å². The first-order chi connectivity index (χ1) is 9.25. The summed E-state index contributed by atoms with van der Waals surface area (Å²) in [5.41, 5.74) is 0.465. The summed E-state index contributed by atoms with van der Waals surface area (Å²) in [4.78, 5) is -1.16. The summed E-state index contributed by atoms with van der Waals surface area (Å²) in [6.07, 6.45) is 0.182. The summed E-state index contributed by atoms with van der Waals surface area (Å²) in [6, 6.07) is 6.72.